The Morgan fingerprint density at radius 2 is 2.24 bits per heavy atom. The van der Waals surface area contributed by atoms with Gasteiger partial charge >= 0.3 is 0 Å². The fourth-order valence-electron chi connectivity index (χ4n) is 2.74. The number of hydrogen-bond acceptors (Lipinski definition) is 3. The summed E-state index contributed by atoms with van der Waals surface area (Å²) in [6.07, 6.45) is 4.83. The number of hydrogen-bond donors (Lipinski definition) is 0. The van der Waals surface area contributed by atoms with E-state index < -0.39 is 0 Å². The Bertz CT molecular complexity index is 370. The van der Waals surface area contributed by atoms with Gasteiger partial charge in [-0.05, 0) is 12.3 Å². The highest BCUT2D eigenvalue weighted by atomic mass is 35.5. The summed E-state index contributed by atoms with van der Waals surface area (Å²) in [5.74, 6) is 1.49. The van der Waals surface area contributed by atoms with E-state index in [0.29, 0.717) is 0 Å². The van der Waals surface area contributed by atoms with Gasteiger partial charge in [0.2, 0.25) is 0 Å². The van der Waals surface area contributed by atoms with E-state index in [-0.39, 0.29) is 0 Å². The van der Waals surface area contributed by atoms with Crippen molar-refractivity contribution in [3.8, 4) is 0 Å². The molecule has 2 aliphatic rings. The summed E-state index contributed by atoms with van der Waals surface area (Å²) in [6, 6.07) is 0. The zero-order chi connectivity index (χ0) is 11.7. The highest BCUT2D eigenvalue weighted by molar-refractivity contribution is 6.30. The largest absolute Gasteiger partial charge is 0.381 e. The molecule has 2 fully saturated rings. The van der Waals surface area contributed by atoms with Gasteiger partial charge in [0.1, 0.15) is 0 Å². The van der Waals surface area contributed by atoms with Gasteiger partial charge in [-0.25, -0.2) is 0 Å². The summed E-state index contributed by atoms with van der Waals surface area (Å²) in [5.41, 5.74) is 0. The van der Waals surface area contributed by atoms with Gasteiger partial charge in [-0.15, -0.1) is 0 Å². The monoisotopic (exact) mass is 255 g/mol. The van der Waals surface area contributed by atoms with Gasteiger partial charge in [-0.3, -0.25) is 4.68 Å². The Morgan fingerprint density at radius 3 is 2.88 bits per heavy atom. The van der Waals surface area contributed by atoms with Crippen LogP contribution < -0.4 is 0 Å². The number of rotatable bonds is 4. The molecule has 0 aromatic carbocycles. The summed E-state index contributed by atoms with van der Waals surface area (Å²) in [4.78, 5) is 2.52. The molecule has 1 unspecified atom stereocenters. The van der Waals surface area contributed by atoms with Crippen molar-refractivity contribution in [1.29, 1.82) is 0 Å². The molecule has 0 radical (unpaired) electrons. The molecule has 0 amide bonds. The van der Waals surface area contributed by atoms with E-state index in [2.05, 4.69) is 10.00 Å². The summed E-state index contributed by atoms with van der Waals surface area (Å²) in [6.45, 7) is 6.48. The molecular formula is C12H18ClN3O. The molecule has 17 heavy (non-hydrogen) atoms. The number of likely N-dealkylation sites (tertiary alicyclic amines) is 1. The molecule has 5 heteroatoms. The maximum absolute atomic E-state index is 5.84. The van der Waals surface area contributed by atoms with Crippen molar-refractivity contribution in [2.45, 2.75) is 13.0 Å². The molecule has 2 aliphatic heterocycles. The lowest BCUT2D eigenvalue weighted by atomic mass is 9.97. The van der Waals surface area contributed by atoms with Crippen molar-refractivity contribution in [2.75, 3.05) is 32.8 Å². The third-order valence-corrected chi connectivity index (χ3v) is 3.82. The molecule has 0 N–H and O–H groups in total. The van der Waals surface area contributed by atoms with Crippen molar-refractivity contribution < 1.29 is 4.74 Å². The van der Waals surface area contributed by atoms with Crippen LogP contribution in [0.15, 0.2) is 12.4 Å². The van der Waals surface area contributed by atoms with Crippen LogP contribution in [-0.2, 0) is 11.3 Å². The molecule has 3 heterocycles. The molecular weight excluding hydrogens is 238 g/mol. The summed E-state index contributed by atoms with van der Waals surface area (Å²) >= 11 is 5.84. The minimum absolute atomic E-state index is 0.726. The average Bonchev–Trinajstić information content (AvgIpc) is 2.87. The van der Waals surface area contributed by atoms with Gasteiger partial charge in [0.05, 0.1) is 17.8 Å². The third-order valence-electron chi connectivity index (χ3n) is 3.62. The Balaban J connectivity index is 1.39. The maximum Gasteiger partial charge on any atom is 0.0785 e. The van der Waals surface area contributed by atoms with Crippen LogP contribution in [0, 0.1) is 11.8 Å². The fourth-order valence-corrected chi connectivity index (χ4v) is 2.89. The van der Waals surface area contributed by atoms with Gasteiger partial charge in [0, 0.05) is 44.9 Å². The van der Waals surface area contributed by atoms with E-state index in [1.807, 2.05) is 10.9 Å². The first-order valence-corrected chi connectivity index (χ1v) is 6.65. The van der Waals surface area contributed by atoms with E-state index in [0.717, 1.165) is 36.6 Å². The van der Waals surface area contributed by atoms with Crippen LogP contribution in [0.2, 0.25) is 5.02 Å². The van der Waals surface area contributed by atoms with E-state index in [4.69, 9.17) is 16.3 Å². The molecule has 0 spiro atoms. The predicted octanol–water partition coefficient (Wildman–Crippen LogP) is 1.50. The quantitative estimate of drug-likeness (QED) is 0.817. The lowest BCUT2D eigenvalue weighted by Crippen LogP contribution is -2.50. The second-order valence-electron chi connectivity index (χ2n) is 5.19. The standard InChI is InChI=1S/C12H18ClN3O/c13-12-3-14-16(8-12)7-11-5-15(6-11)4-10-1-2-17-9-10/h3,8,10-11H,1-2,4-7,9H2. The van der Waals surface area contributed by atoms with E-state index in [1.54, 1.807) is 6.20 Å². The van der Waals surface area contributed by atoms with Gasteiger partial charge in [-0.2, -0.15) is 5.10 Å². The van der Waals surface area contributed by atoms with Gasteiger partial charge in [0.15, 0.2) is 0 Å². The molecule has 4 nitrogen and oxygen atoms in total. The van der Waals surface area contributed by atoms with Crippen molar-refractivity contribution in [3.05, 3.63) is 17.4 Å². The molecule has 1 aromatic heterocycles. The Hall–Kier alpha value is -0.580. The van der Waals surface area contributed by atoms with Crippen molar-refractivity contribution >= 4 is 11.6 Å². The van der Waals surface area contributed by atoms with Crippen molar-refractivity contribution in [3.63, 3.8) is 0 Å². The normalized spacial score (nSPS) is 26.3. The summed E-state index contributed by atoms with van der Waals surface area (Å²) in [5, 5.41) is 4.94. The predicted molar refractivity (Wildman–Crippen MR) is 66.1 cm³/mol. The smallest absolute Gasteiger partial charge is 0.0785 e. The van der Waals surface area contributed by atoms with Gasteiger partial charge < -0.3 is 9.64 Å². The molecule has 2 saturated heterocycles. The molecule has 1 aromatic rings. The van der Waals surface area contributed by atoms with Crippen LogP contribution >= 0.6 is 11.6 Å². The topological polar surface area (TPSA) is 30.3 Å². The molecule has 1 atom stereocenters. The Morgan fingerprint density at radius 1 is 1.35 bits per heavy atom. The summed E-state index contributed by atoms with van der Waals surface area (Å²) in [7, 11) is 0. The summed E-state index contributed by atoms with van der Waals surface area (Å²) < 4.78 is 7.34. The number of ether oxygens (including phenoxy) is 1. The molecule has 0 aliphatic carbocycles. The van der Waals surface area contributed by atoms with Crippen LogP contribution in [0.5, 0.6) is 0 Å². The highest BCUT2D eigenvalue weighted by Crippen LogP contribution is 2.22. The van der Waals surface area contributed by atoms with Gasteiger partial charge in [-0.1, -0.05) is 11.6 Å². The Kier molecular flexibility index (Phi) is 3.36. The van der Waals surface area contributed by atoms with E-state index in [1.165, 1.54) is 26.1 Å². The van der Waals surface area contributed by atoms with Crippen LogP contribution in [0.3, 0.4) is 0 Å². The Labute approximate surface area is 106 Å². The number of aromatic nitrogens is 2. The number of halogens is 1. The fraction of sp³-hybridized carbons (Fsp3) is 0.750. The lowest BCUT2D eigenvalue weighted by Gasteiger charge is -2.40. The zero-order valence-corrected chi connectivity index (χ0v) is 10.6. The minimum atomic E-state index is 0.726. The van der Waals surface area contributed by atoms with E-state index >= 15 is 0 Å². The van der Waals surface area contributed by atoms with E-state index in [9.17, 15) is 0 Å². The van der Waals surface area contributed by atoms with Crippen LogP contribution in [0.1, 0.15) is 6.42 Å². The van der Waals surface area contributed by atoms with Gasteiger partial charge in [0.25, 0.3) is 0 Å². The highest BCUT2D eigenvalue weighted by Gasteiger charge is 2.29. The number of nitrogens with zero attached hydrogens (tertiary/aromatic N) is 3. The van der Waals surface area contributed by atoms with Crippen molar-refractivity contribution in [1.82, 2.24) is 14.7 Å². The average molecular weight is 256 g/mol. The first-order valence-electron chi connectivity index (χ1n) is 6.27. The van der Waals surface area contributed by atoms with Crippen molar-refractivity contribution in [2.24, 2.45) is 11.8 Å². The molecule has 0 saturated carbocycles. The van der Waals surface area contributed by atoms with Crippen LogP contribution in [-0.4, -0.2) is 47.5 Å². The third kappa shape index (κ3) is 2.81. The molecule has 0 bridgehead atoms. The molecule has 3 rings (SSSR count). The minimum Gasteiger partial charge on any atom is -0.381 e. The molecule has 94 valence electrons. The first kappa shape index (κ1) is 11.5. The first-order chi connectivity index (χ1) is 8.29. The zero-order valence-electron chi connectivity index (χ0n) is 9.89. The van der Waals surface area contributed by atoms with Crippen LogP contribution in [0.4, 0.5) is 0 Å². The second-order valence-corrected chi connectivity index (χ2v) is 5.63. The second kappa shape index (κ2) is 4.96. The SMILES string of the molecule is Clc1cnn(CC2CN(CC3CCOC3)C2)c1. The lowest BCUT2D eigenvalue weighted by molar-refractivity contribution is 0.0646. The van der Waals surface area contributed by atoms with Crippen LogP contribution in [0.25, 0.3) is 0 Å². The maximum atomic E-state index is 5.84.